The van der Waals surface area contributed by atoms with Gasteiger partial charge in [0.2, 0.25) is 5.91 Å². The maximum atomic E-state index is 11.9. The third kappa shape index (κ3) is 4.94. The molecule has 1 aliphatic rings. The van der Waals surface area contributed by atoms with E-state index in [1.807, 2.05) is 36.1 Å². The number of aliphatic hydroxyl groups is 3. The molecule has 7 nitrogen and oxygen atoms in total. The fraction of sp³-hybridized carbons (Fsp3) is 0.632. The van der Waals surface area contributed by atoms with Gasteiger partial charge in [0.25, 0.3) is 0 Å². The van der Waals surface area contributed by atoms with E-state index in [4.69, 9.17) is 4.74 Å². The topological polar surface area (TPSA) is 102 Å². The van der Waals surface area contributed by atoms with Crippen LogP contribution < -0.4 is 10.1 Å². The van der Waals surface area contributed by atoms with Gasteiger partial charge in [-0.15, -0.1) is 0 Å². The van der Waals surface area contributed by atoms with Gasteiger partial charge in [-0.2, -0.15) is 0 Å². The molecule has 146 valence electrons. The van der Waals surface area contributed by atoms with Crippen LogP contribution in [-0.2, 0) is 11.2 Å². The largest absolute Gasteiger partial charge is 0.497 e. The van der Waals surface area contributed by atoms with E-state index in [0.717, 1.165) is 24.2 Å². The minimum absolute atomic E-state index is 0.102. The van der Waals surface area contributed by atoms with Crippen LogP contribution in [0.2, 0.25) is 0 Å². The number of hydrogen-bond donors (Lipinski definition) is 4. The second-order valence-corrected chi connectivity index (χ2v) is 6.65. The number of nitrogens with zero attached hydrogens (tertiary/aromatic N) is 1. The molecule has 1 fully saturated rings. The summed E-state index contributed by atoms with van der Waals surface area (Å²) in [6.07, 6.45) is -0.394. The SMILES string of the molecule is CCNC(=O)CC1C(O)C(O)C(CO)N1CCCc1ccc(OC)cc1. The summed E-state index contributed by atoms with van der Waals surface area (Å²) in [5, 5.41) is 32.9. The minimum Gasteiger partial charge on any atom is -0.497 e. The molecular formula is C19H30N2O5. The number of methoxy groups -OCH3 is 1. The summed E-state index contributed by atoms with van der Waals surface area (Å²) in [7, 11) is 1.63. The number of likely N-dealkylation sites (tertiary alicyclic amines) is 1. The number of hydrogen-bond acceptors (Lipinski definition) is 6. The summed E-state index contributed by atoms with van der Waals surface area (Å²) in [4.78, 5) is 13.8. The maximum absolute atomic E-state index is 11.9. The fourth-order valence-corrected chi connectivity index (χ4v) is 3.59. The molecule has 4 unspecified atom stereocenters. The molecule has 1 aromatic rings. The van der Waals surface area contributed by atoms with Gasteiger partial charge in [0.05, 0.1) is 32.0 Å². The first-order valence-corrected chi connectivity index (χ1v) is 9.14. The first-order chi connectivity index (χ1) is 12.5. The van der Waals surface area contributed by atoms with Crippen LogP contribution in [0, 0.1) is 0 Å². The minimum atomic E-state index is -1.06. The van der Waals surface area contributed by atoms with Gasteiger partial charge >= 0.3 is 0 Å². The van der Waals surface area contributed by atoms with Gasteiger partial charge in [-0.25, -0.2) is 0 Å². The van der Waals surface area contributed by atoms with E-state index in [1.54, 1.807) is 7.11 Å². The summed E-state index contributed by atoms with van der Waals surface area (Å²) >= 11 is 0. The Kier molecular flexibility index (Phi) is 7.84. The molecule has 2 rings (SSSR count). The highest BCUT2D eigenvalue weighted by atomic mass is 16.5. The van der Waals surface area contributed by atoms with Crippen molar-refractivity contribution in [2.45, 2.75) is 50.5 Å². The van der Waals surface area contributed by atoms with E-state index in [0.29, 0.717) is 13.1 Å². The van der Waals surface area contributed by atoms with Crippen molar-refractivity contribution < 1.29 is 24.9 Å². The molecule has 4 atom stereocenters. The van der Waals surface area contributed by atoms with E-state index in [-0.39, 0.29) is 18.9 Å². The Hall–Kier alpha value is -1.67. The van der Waals surface area contributed by atoms with Crippen molar-refractivity contribution >= 4 is 5.91 Å². The third-order valence-corrected chi connectivity index (χ3v) is 4.99. The first kappa shape index (κ1) is 20.6. The average molecular weight is 366 g/mol. The zero-order valence-electron chi connectivity index (χ0n) is 15.5. The van der Waals surface area contributed by atoms with E-state index < -0.39 is 24.3 Å². The number of benzene rings is 1. The van der Waals surface area contributed by atoms with Gasteiger partial charge in [-0.3, -0.25) is 9.69 Å². The molecule has 1 saturated heterocycles. The van der Waals surface area contributed by atoms with Crippen LogP contribution in [0.4, 0.5) is 0 Å². The lowest BCUT2D eigenvalue weighted by Crippen LogP contribution is -2.44. The van der Waals surface area contributed by atoms with Crippen molar-refractivity contribution in [2.75, 3.05) is 26.8 Å². The predicted molar refractivity (Wildman–Crippen MR) is 98.0 cm³/mol. The molecule has 0 bridgehead atoms. The van der Waals surface area contributed by atoms with Crippen LogP contribution in [0.25, 0.3) is 0 Å². The fourth-order valence-electron chi connectivity index (χ4n) is 3.59. The number of aryl methyl sites for hydroxylation is 1. The number of nitrogens with one attached hydrogen (secondary N) is 1. The van der Waals surface area contributed by atoms with E-state index in [1.165, 1.54) is 0 Å². The molecule has 1 heterocycles. The normalized spacial score (nSPS) is 26.0. The van der Waals surface area contributed by atoms with Crippen LogP contribution >= 0.6 is 0 Å². The Labute approximate surface area is 154 Å². The third-order valence-electron chi connectivity index (χ3n) is 4.99. The lowest BCUT2D eigenvalue weighted by Gasteiger charge is -2.29. The number of amides is 1. The lowest BCUT2D eigenvalue weighted by molar-refractivity contribution is -0.123. The summed E-state index contributed by atoms with van der Waals surface area (Å²) in [6.45, 7) is 2.67. The van der Waals surface area contributed by atoms with E-state index in [9.17, 15) is 20.1 Å². The smallest absolute Gasteiger partial charge is 0.221 e. The maximum Gasteiger partial charge on any atom is 0.221 e. The second kappa shape index (κ2) is 9.87. The second-order valence-electron chi connectivity index (χ2n) is 6.65. The summed E-state index contributed by atoms with van der Waals surface area (Å²) < 4.78 is 5.15. The monoisotopic (exact) mass is 366 g/mol. The molecule has 0 aliphatic carbocycles. The van der Waals surface area contributed by atoms with Gasteiger partial charge < -0.3 is 25.4 Å². The molecule has 0 radical (unpaired) electrons. The summed E-state index contributed by atoms with van der Waals surface area (Å²) in [5.41, 5.74) is 1.16. The molecule has 1 aromatic carbocycles. The highest BCUT2D eigenvalue weighted by molar-refractivity contribution is 5.76. The lowest BCUT2D eigenvalue weighted by atomic mass is 10.1. The molecule has 0 spiro atoms. The van der Waals surface area contributed by atoms with Crippen molar-refractivity contribution in [1.82, 2.24) is 10.2 Å². The zero-order valence-corrected chi connectivity index (χ0v) is 15.5. The highest BCUT2D eigenvalue weighted by Gasteiger charge is 2.47. The molecule has 1 aliphatic heterocycles. The highest BCUT2D eigenvalue weighted by Crippen LogP contribution is 2.28. The van der Waals surface area contributed by atoms with Crippen LogP contribution in [0.5, 0.6) is 5.75 Å². The standard InChI is InChI=1S/C19H30N2O5/c1-3-20-17(23)11-15-18(24)19(25)16(12-22)21(15)10-4-5-13-6-8-14(26-2)9-7-13/h6-9,15-16,18-19,22,24-25H,3-5,10-12H2,1-2H3,(H,20,23). The van der Waals surface area contributed by atoms with Crippen molar-refractivity contribution in [3.8, 4) is 5.75 Å². The molecule has 4 N–H and O–H groups in total. The predicted octanol–water partition coefficient (Wildman–Crippen LogP) is -0.0791. The molecule has 1 amide bonds. The van der Waals surface area contributed by atoms with Gasteiger partial charge in [0, 0.05) is 19.0 Å². The number of aliphatic hydroxyl groups excluding tert-OH is 3. The van der Waals surface area contributed by atoms with Gasteiger partial charge in [0.1, 0.15) is 5.75 Å². The molecule has 0 saturated carbocycles. The first-order valence-electron chi connectivity index (χ1n) is 9.14. The Morgan fingerprint density at radius 2 is 1.85 bits per heavy atom. The molecule has 26 heavy (non-hydrogen) atoms. The quantitative estimate of drug-likeness (QED) is 0.488. The summed E-state index contributed by atoms with van der Waals surface area (Å²) in [5.74, 6) is 0.643. The number of carbonyl (C=O) groups excluding carboxylic acids is 1. The van der Waals surface area contributed by atoms with E-state index >= 15 is 0 Å². The van der Waals surface area contributed by atoms with Crippen LogP contribution in [0.3, 0.4) is 0 Å². The van der Waals surface area contributed by atoms with Gasteiger partial charge in [0.15, 0.2) is 0 Å². The molecule has 0 aromatic heterocycles. The van der Waals surface area contributed by atoms with Crippen molar-refractivity contribution in [3.05, 3.63) is 29.8 Å². The van der Waals surface area contributed by atoms with Crippen molar-refractivity contribution in [3.63, 3.8) is 0 Å². The van der Waals surface area contributed by atoms with E-state index in [2.05, 4.69) is 5.32 Å². The van der Waals surface area contributed by atoms with Crippen LogP contribution in [-0.4, -0.2) is 77.2 Å². The molecule has 7 heteroatoms. The van der Waals surface area contributed by atoms with Crippen molar-refractivity contribution in [1.29, 1.82) is 0 Å². The average Bonchev–Trinajstić information content (AvgIpc) is 2.86. The number of rotatable bonds is 9. The number of ether oxygens (including phenoxy) is 1. The Morgan fingerprint density at radius 3 is 2.42 bits per heavy atom. The van der Waals surface area contributed by atoms with Crippen molar-refractivity contribution in [2.24, 2.45) is 0 Å². The Balaban J connectivity index is 1.98. The zero-order chi connectivity index (χ0) is 19.1. The van der Waals surface area contributed by atoms with Gasteiger partial charge in [-0.05, 0) is 44.0 Å². The summed E-state index contributed by atoms with van der Waals surface area (Å²) in [6, 6.07) is 6.77. The van der Waals surface area contributed by atoms with Crippen LogP contribution in [0.1, 0.15) is 25.3 Å². The number of carbonyl (C=O) groups is 1. The Morgan fingerprint density at radius 1 is 1.19 bits per heavy atom. The Bertz CT molecular complexity index is 566. The van der Waals surface area contributed by atoms with Gasteiger partial charge in [-0.1, -0.05) is 12.1 Å². The van der Waals surface area contributed by atoms with Crippen LogP contribution in [0.15, 0.2) is 24.3 Å². The molecular weight excluding hydrogens is 336 g/mol.